The Morgan fingerprint density at radius 3 is 2.43 bits per heavy atom. The molecule has 0 bridgehead atoms. The molecule has 0 fully saturated rings. The molecule has 1 heterocycles. The van der Waals surface area contributed by atoms with E-state index in [1.54, 1.807) is 6.07 Å². The molecule has 0 aliphatic heterocycles. The minimum absolute atomic E-state index is 0.211. The van der Waals surface area contributed by atoms with Gasteiger partial charge in [-0.05, 0) is 42.1 Å². The lowest BCUT2D eigenvalue weighted by Gasteiger charge is -2.14. The van der Waals surface area contributed by atoms with Crippen LogP contribution in [0.3, 0.4) is 0 Å². The molecule has 4 aromatic carbocycles. The average Bonchev–Trinajstić information content (AvgIpc) is 3.08. The third-order valence-electron chi connectivity index (χ3n) is 5.06. The number of fused-ring (bicyclic) bond motifs is 3. The number of benzene rings is 4. The fourth-order valence-corrected chi connectivity index (χ4v) is 3.64. The molecule has 0 aliphatic rings. The molecule has 0 spiro atoms. The van der Waals surface area contributed by atoms with Crippen molar-refractivity contribution >= 4 is 33.4 Å². The highest BCUT2D eigenvalue weighted by atomic mass is 16.3. The predicted molar refractivity (Wildman–Crippen MR) is 115 cm³/mol. The molecular formula is C24H19N3O. The molecule has 2 N–H and O–H groups in total. The van der Waals surface area contributed by atoms with Gasteiger partial charge in [-0.3, -0.25) is 4.57 Å². The molecule has 1 aromatic heterocycles. The van der Waals surface area contributed by atoms with Crippen molar-refractivity contribution in [3.05, 3.63) is 90.5 Å². The maximum Gasteiger partial charge on any atom is 0.213 e. The van der Waals surface area contributed by atoms with Gasteiger partial charge in [0.25, 0.3) is 0 Å². The second kappa shape index (κ2) is 6.43. The molecule has 5 aromatic rings. The summed E-state index contributed by atoms with van der Waals surface area (Å²) in [6, 6.07) is 27.8. The molecule has 5 rings (SSSR count). The maximum atomic E-state index is 10.6. The van der Waals surface area contributed by atoms with E-state index in [0.29, 0.717) is 11.6 Å². The van der Waals surface area contributed by atoms with Gasteiger partial charge >= 0.3 is 0 Å². The highest BCUT2D eigenvalue weighted by Crippen LogP contribution is 2.35. The Hall–Kier alpha value is -3.79. The third kappa shape index (κ3) is 2.58. The first-order valence-electron chi connectivity index (χ1n) is 9.23. The summed E-state index contributed by atoms with van der Waals surface area (Å²) in [7, 11) is 0. The fourth-order valence-electron chi connectivity index (χ4n) is 3.64. The average molecular weight is 365 g/mol. The van der Waals surface area contributed by atoms with Crippen LogP contribution in [0.4, 0.5) is 11.6 Å². The Bertz CT molecular complexity index is 1320. The van der Waals surface area contributed by atoms with Crippen molar-refractivity contribution < 1.29 is 5.11 Å². The van der Waals surface area contributed by atoms with Crippen molar-refractivity contribution in [2.24, 2.45) is 0 Å². The van der Waals surface area contributed by atoms with Crippen LogP contribution in [0.2, 0.25) is 0 Å². The third-order valence-corrected chi connectivity index (χ3v) is 5.06. The minimum Gasteiger partial charge on any atom is -0.506 e. The number of nitrogens with one attached hydrogen (secondary N) is 1. The van der Waals surface area contributed by atoms with Gasteiger partial charge < -0.3 is 10.4 Å². The molecule has 136 valence electrons. The monoisotopic (exact) mass is 365 g/mol. The SMILES string of the molecule is Cc1ccccc1Nc1nc2ccc3ccccc3c2n1-c1ccccc1O. The van der Waals surface area contributed by atoms with Crippen LogP contribution in [-0.2, 0) is 0 Å². The molecule has 0 saturated heterocycles. The number of phenolic OH excluding ortho intramolecular Hbond substituents is 1. The van der Waals surface area contributed by atoms with Crippen molar-refractivity contribution in [2.75, 3.05) is 5.32 Å². The molecule has 0 amide bonds. The van der Waals surface area contributed by atoms with Crippen molar-refractivity contribution in [3.63, 3.8) is 0 Å². The zero-order valence-electron chi connectivity index (χ0n) is 15.4. The van der Waals surface area contributed by atoms with E-state index in [9.17, 15) is 5.11 Å². The maximum absolute atomic E-state index is 10.6. The first-order chi connectivity index (χ1) is 13.7. The predicted octanol–water partition coefficient (Wildman–Crippen LogP) is 5.94. The van der Waals surface area contributed by atoms with Crippen molar-refractivity contribution in [3.8, 4) is 11.4 Å². The largest absolute Gasteiger partial charge is 0.506 e. The first-order valence-corrected chi connectivity index (χ1v) is 9.23. The Kier molecular flexibility index (Phi) is 3.76. The number of nitrogens with zero attached hydrogens (tertiary/aromatic N) is 2. The number of hydrogen-bond acceptors (Lipinski definition) is 3. The molecule has 0 radical (unpaired) electrons. The molecule has 0 unspecified atom stereocenters. The zero-order chi connectivity index (χ0) is 19.1. The number of hydrogen-bond donors (Lipinski definition) is 2. The highest BCUT2D eigenvalue weighted by Gasteiger charge is 2.17. The van der Waals surface area contributed by atoms with E-state index in [-0.39, 0.29) is 5.75 Å². The van der Waals surface area contributed by atoms with Crippen molar-refractivity contribution in [1.82, 2.24) is 9.55 Å². The molecule has 0 atom stereocenters. The van der Waals surface area contributed by atoms with Crippen LogP contribution in [0, 0.1) is 6.92 Å². The number of aromatic nitrogens is 2. The lowest BCUT2D eigenvalue weighted by Crippen LogP contribution is -2.03. The van der Waals surface area contributed by atoms with Gasteiger partial charge in [0, 0.05) is 11.1 Å². The van der Waals surface area contributed by atoms with Crippen LogP contribution < -0.4 is 5.32 Å². The molecular weight excluding hydrogens is 346 g/mol. The number of para-hydroxylation sites is 3. The lowest BCUT2D eigenvalue weighted by molar-refractivity contribution is 0.473. The first kappa shape index (κ1) is 16.4. The highest BCUT2D eigenvalue weighted by molar-refractivity contribution is 6.06. The van der Waals surface area contributed by atoms with Crippen LogP contribution in [0.15, 0.2) is 84.9 Å². The van der Waals surface area contributed by atoms with E-state index < -0.39 is 0 Å². The Morgan fingerprint density at radius 1 is 0.821 bits per heavy atom. The minimum atomic E-state index is 0.211. The van der Waals surface area contributed by atoms with Crippen LogP contribution in [0.5, 0.6) is 5.75 Å². The van der Waals surface area contributed by atoms with Gasteiger partial charge in [-0.25, -0.2) is 4.98 Å². The van der Waals surface area contributed by atoms with Gasteiger partial charge in [0.2, 0.25) is 5.95 Å². The van der Waals surface area contributed by atoms with Gasteiger partial charge in [0.1, 0.15) is 5.75 Å². The summed E-state index contributed by atoms with van der Waals surface area (Å²) in [5, 5.41) is 16.3. The Morgan fingerprint density at radius 2 is 1.57 bits per heavy atom. The Balaban J connectivity index is 1.85. The van der Waals surface area contributed by atoms with E-state index in [0.717, 1.165) is 33.1 Å². The number of rotatable bonds is 3. The van der Waals surface area contributed by atoms with Gasteiger partial charge in [0.15, 0.2) is 0 Å². The smallest absolute Gasteiger partial charge is 0.213 e. The summed E-state index contributed by atoms with van der Waals surface area (Å²) in [6.07, 6.45) is 0. The lowest BCUT2D eigenvalue weighted by atomic mass is 10.1. The van der Waals surface area contributed by atoms with E-state index in [1.165, 1.54) is 0 Å². The number of imidazole rings is 1. The van der Waals surface area contributed by atoms with E-state index >= 15 is 0 Å². The van der Waals surface area contributed by atoms with Crippen LogP contribution in [-0.4, -0.2) is 14.7 Å². The standard InChI is InChI=1S/C24H19N3O/c1-16-8-2-5-11-19(16)25-24-26-20-15-14-17-9-3-4-10-18(17)23(20)27(24)21-12-6-7-13-22(21)28/h2-15,28H,1H3,(H,25,26). The number of anilines is 2. The normalized spacial score (nSPS) is 11.2. The number of aryl methyl sites for hydroxylation is 1. The van der Waals surface area contributed by atoms with Gasteiger partial charge in [0.05, 0.1) is 16.7 Å². The van der Waals surface area contributed by atoms with Crippen molar-refractivity contribution in [1.29, 1.82) is 0 Å². The quantitative estimate of drug-likeness (QED) is 0.416. The molecule has 0 saturated carbocycles. The summed E-state index contributed by atoms with van der Waals surface area (Å²) < 4.78 is 2.00. The number of phenols is 1. The Labute approximate surface area is 162 Å². The van der Waals surface area contributed by atoms with Gasteiger partial charge in [-0.15, -0.1) is 0 Å². The summed E-state index contributed by atoms with van der Waals surface area (Å²) in [5.41, 5.74) is 4.65. The van der Waals surface area contributed by atoms with Crippen LogP contribution >= 0.6 is 0 Å². The van der Waals surface area contributed by atoms with Gasteiger partial charge in [-0.2, -0.15) is 0 Å². The van der Waals surface area contributed by atoms with E-state index in [2.05, 4.69) is 36.5 Å². The summed E-state index contributed by atoms with van der Waals surface area (Å²) in [5.74, 6) is 0.879. The topological polar surface area (TPSA) is 50.1 Å². The molecule has 4 nitrogen and oxygen atoms in total. The fraction of sp³-hybridized carbons (Fsp3) is 0.0417. The summed E-state index contributed by atoms with van der Waals surface area (Å²) in [4.78, 5) is 4.86. The van der Waals surface area contributed by atoms with E-state index in [1.807, 2.05) is 59.2 Å². The molecule has 28 heavy (non-hydrogen) atoms. The second-order valence-corrected chi connectivity index (χ2v) is 6.85. The van der Waals surface area contributed by atoms with Crippen LogP contribution in [0.25, 0.3) is 27.5 Å². The van der Waals surface area contributed by atoms with Crippen LogP contribution in [0.1, 0.15) is 5.56 Å². The van der Waals surface area contributed by atoms with E-state index in [4.69, 9.17) is 4.98 Å². The molecule has 0 aliphatic carbocycles. The zero-order valence-corrected chi connectivity index (χ0v) is 15.4. The number of aromatic hydroxyl groups is 1. The molecule has 4 heteroatoms. The second-order valence-electron chi connectivity index (χ2n) is 6.85. The van der Waals surface area contributed by atoms with Gasteiger partial charge in [-0.1, -0.05) is 60.7 Å². The summed E-state index contributed by atoms with van der Waals surface area (Å²) >= 11 is 0. The summed E-state index contributed by atoms with van der Waals surface area (Å²) in [6.45, 7) is 2.06. The van der Waals surface area contributed by atoms with Crippen molar-refractivity contribution in [2.45, 2.75) is 6.92 Å².